The number of benzene rings is 2. The van der Waals surface area contributed by atoms with Gasteiger partial charge in [0.1, 0.15) is 23.9 Å². The van der Waals surface area contributed by atoms with Crippen molar-refractivity contribution in [2.45, 2.75) is 44.2 Å². The molecule has 1 heterocycles. The second-order valence-electron chi connectivity index (χ2n) is 9.33. The van der Waals surface area contributed by atoms with E-state index in [2.05, 4.69) is 5.32 Å². The number of carbonyl (C=O) groups excluding carboxylic acids is 3. The van der Waals surface area contributed by atoms with E-state index in [4.69, 9.17) is 18.9 Å². The predicted octanol–water partition coefficient (Wildman–Crippen LogP) is 4.06. The van der Waals surface area contributed by atoms with Gasteiger partial charge in [0.15, 0.2) is 5.78 Å². The van der Waals surface area contributed by atoms with Crippen molar-refractivity contribution in [1.82, 2.24) is 5.32 Å². The van der Waals surface area contributed by atoms with Crippen LogP contribution in [0.15, 0.2) is 48.5 Å². The fourth-order valence-electron chi connectivity index (χ4n) is 5.03. The van der Waals surface area contributed by atoms with Gasteiger partial charge < -0.3 is 24.3 Å². The number of hydrogen-bond donors (Lipinski definition) is 1. The van der Waals surface area contributed by atoms with Gasteiger partial charge >= 0.3 is 6.09 Å². The van der Waals surface area contributed by atoms with Crippen LogP contribution in [-0.4, -0.2) is 51.1 Å². The first-order valence-corrected chi connectivity index (χ1v) is 12.3. The maximum Gasteiger partial charge on any atom is 0.407 e. The molecule has 1 N–H and O–H groups in total. The highest BCUT2D eigenvalue weighted by Gasteiger charge is 2.41. The first-order valence-electron chi connectivity index (χ1n) is 12.3. The lowest BCUT2D eigenvalue weighted by atomic mass is 9.73. The third-order valence-electron chi connectivity index (χ3n) is 7.07. The van der Waals surface area contributed by atoms with Crippen molar-refractivity contribution < 1.29 is 33.3 Å². The number of carbonyl (C=O) groups is 3. The molecule has 2 aliphatic rings. The topological polar surface area (TPSA) is 100 Å². The molecule has 1 aliphatic heterocycles. The molecule has 4 rings (SSSR count). The first kappa shape index (κ1) is 25.7. The summed E-state index contributed by atoms with van der Waals surface area (Å²) in [5, 5.41) is 2.83. The molecule has 192 valence electrons. The van der Waals surface area contributed by atoms with Crippen LogP contribution >= 0.6 is 0 Å². The van der Waals surface area contributed by atoms with Crippen molar-refractivity contribution in [3.8, 4) is 11.5 Å². The second kappa shape index (κ2) is 12.0. The van der Waals surface area contributed by atoms with Crippen LogP contribution in [0.4, 0.5) is 4.79 Å². The Labute approximate surface area is 211 Å². The number of nitrogens with one attached hydrogen (secondary N) is 1. The molecule has 2 fully saturated rings. The van der Waals surface area contributed by atoms with E-state index in [1.165, 1.54) is 0 Å². The summed E-state index contributed by atoms with van der Waals surface area (Å²) >= 11 is 0. The zero-order chi connectivity index (χ0) is 25.5. The number of alkyl carbamates (subject to hydrolysis) is 1. The van der Waals surface area contributed by atoms with Crippen LogP contribution in [-0.2, 0) is 25.7 Å². The van der Waals surface area contributed by atoms with Crippen LogP contribution in [0.5, 0.6) is 11.5 Å². The van der Waals surface area contributed by atoms with Crippen LogP contribution in [0.3, 0.4) is 0 Å². The Bertz CT molecular complexity index is 1050. The van der Waals surface area contributed by atoms with Crippen molar-refractivity contribution in [2.75, 3.05) is 27.4 Å². The molecule has 2 aromatic carbocycles. The quantitative estimate of drug-likeness (QED) is 0.551. The molecule has 4 atom stereocenters. The Morgan fingerprint density at radius 1 is 1.00 bits per heavy atom. The zero-order valence-corrected chi connectivity index (χ0v) is 20.7. The number of Topliss-reactive ketones (excluding diaryl/α,β-unsaturated/α-hetero) is 2. The Kier molecular flexibility index (Phi) is 8.59. The van der Waals surface area contributed by atoms with Gasteiger partial charge in [0.25, 0.3) is 0 Å². The zero-order valence-electron chi connectivity index (χ0n) is 20.7. The normalized spacial score (nSPS) is 24.0. The number of hydrogen-bond acceptors (Lipinski definition) is 7. The molecule has 8 heteroatoms. The Hall–Kier alpha value is -3.39. The molecule has 1 amide bonds. The molecule has 2 aromatic rings. The van der Waals surface area contributed by atoms with Crippen molar-refractivity contribution in [3.63, 3.8) is 0 Å². The second-order valence-corrected chi connectivity index (χ2v) is 9.33. The third-order valence-corrected chi connectivity index (χ3v) is 7.07. The highest BCUT2D eigenvalue weighted by atomic mass is 16.5. The van der Waals surface area contributed by atoms with Crippen LogP contribution in [0.2, 0.25) is 0 Å². The fourth-order valence-corrected chi connectivity index (χ4v) is 5.03. The standard InChI is InChI=1S/C28H33NO7/c1-33-21-12-20(13-22(15-21)34-2)19-8-9-23(26(30)14-19)27(31)24-17-35-11-10-25(24)29-28(32)36-16-18-6-4-3-5-7-18/h3-7,12-13,15,19,23-25H,8-11,14,16-17H2,1-2H3,(H,29,32)/t19-,23?,24?,25?/m0/s1. The van der Waals surface area contributed by atoms with Crippen LogP contribution < -0.4 is 14.8 Å². The van der Waals surface area contributed by atoms with E-state index in [9.17, 15) is 14.4 Å². The molecule has 0 spiro atoms. The van der Waals surface area contributed by atoms with Gasteiger partial charge in [-0.3, -0.25) is 9.59 Å². The lowest BCUT2D eigenvalue weighted by Crippen LogP contribution is -2.51. The number of ketones is 2. The minimum Gasteiger partial charge on any atom is -0.497 e. The smallest absolute Gasteiger partial charge is 0.407 e. The van der Waals surface area contributed by atoms with Crippen LogP contribution in [0.1, 0.15) is 42.7 Å². The van der Waals surface area contributed by atoms with Gasteiger partial charge in [0, 0.05) is 25.1 Å². The van der Waals surface area contributed by atoms with E-state index < -0.39 is 24.0 Å². The summed E-state index contributed by atoms with van der Waals surface area (Å²) in [6.07, 6.45) is 1.35. The monoisotopic (exact) mass is 495 g/mol. The lowest BCUT2D eigenvalue weighted by molar-refractivity contribution is -0.140. The summed E-state index contributed by atoms with van der Waals surface area (Å²) in [5.74, 6) is -0.167. The molecule has 0 bridgehead atoms. The van der Waals surface area contributed by atoms with Crippen molar-refractivity contribution >= 4 is 17.7 Å². The molecule has 0 aromatic heterocycles. The number of methoxy groups -OCH3 is 2. The van der Waals surface area contributed by atoms with Gasteiger partial charge in [0.05, 0.1) is 32.7 Å². The predicted molar refractivity (Wildman–Crippen MR) is 132 cm³/mol. The van der Waals surface area contributed by atoms with Gasteiger partial charge in [0.2, 0.25) is 0 Å². The van der Waals surface area contributed by atoms with Crippen molar-refractivity contribution in [2.24, 2.45) is 11.8 Å². The number of amides is 1. The van der Waals surface area contributed by atoms with E-state index >= 15 is 0 Å². The van der Waals surface area contributed by atoms with Gasteiger partial charge in [-0.1, -0.05) is 30.3 Å². The largest absolute Gasteiger partial charge is 0.497 e. The molecule has 8 nitrogen and oxygen atoms in total. The minimum atomic E-state index is -0.690. The highest BCUT2D eigenvalue weighted by molar-refractivity contribution is 6.04. The highest BCUT2D eigenvalue weighted by Crippen LogP contribution is 2.38. The summed E-state index contributed by atoms with van der Waals surface area (Å²) in [6.45, 7) is 0.764. The fraction of sp³-hybridized carbons (Fsp3) is 0.464. The molecule has 1 aliphatic carbocycles. The average molecular weight is 496 g/mol. The molecular formula is C28H33NO7. The van der Waals surface area contributed by atoms with Gasteiger partial charge in [-0.25, -0.2) is 4.79 Å². The molecule has 1 saturated heterocycles. The Morgan fingerprint density at radius 2 is 1.72 bits per heavy atom. The van der Waals surface area contributed by atoms with Crippen molar-refractivity contribution in [1.29, 1.82) is 0 Å². The average Bonchev–Trinajstić information content (AvgIpc) is 2.92. The molecule has 1 saturated carbocycles. The van der Waals surface area contributed by atoms with Gasteiger partial charge in [-0.05, 0) is 48.4 Å². The lowest BCUT2D eigenvalue weighted by Gasteiger charge is -2.34. The number of rotatable bonds is 8. The first-order chi connectivity index (χ1) is 17.5. The SMILES string of the molecule is COc1cc(OC)cc([C@H]2CCC(C(=O)C3COCCC3NC(=O)OCc3ccccc3)C(=O)C2)c1. The molecule has 0 radical (unpaired) electrons. The minimum absolute atomic E-state index is 0.00459. The van der Waals surface area contributed by atoms with Gasteiger partial charge in [-0.2, -0.15) is 0 Å². The van der Waals surface area contributed by atoms with Crippen LogP contribution in [0.25, 0.3) is 0 Å². The van der Waals surface area contributed by atoms with Crippen molar-refractivity contribution in [3.05, 3.63) is 59.7 Å². The van der Waals surface area contributed by atoms with E-state index in [1.54, 1.807) is 20.3 Å². The summed E-state index contributed by atoms with van der Waals surface area (Å²) in [5.41, 5.74) is 1.84. The molecule has 3 unspecified atom stereocenters. The van der Waals surface area contributed by atoms with E-state index in [1.807, 2.05) is 42.5 Å². The Morgan fingerprint density at radius 3 is 2.39 bits per heavy atom. The Balaban J connectivity index is 1.36. The van der Waals surface area contributed by atoms with E-state index in [0.717, 1.165) is 11.1 Å². The van der Waals surface area contributed by atoms with E-state index in [0.29, 0.717) is 37.4 Å². The maximum atomic E-state index is 13.4. The molecule has 36 heavy (non-hydrogen) atoms. The summed E-state index contributed by atoms with van der Waals surface area (Å²) in [6, 6.07) is 14.6. The third kappa shape index (κ3) is 6.23. The maximum absolute atomic E-state index is 13.4. The van der Waals surface area contributed by atoms with E-state index in [-0.39, 0.29) is 37.1 Å². The summed E-state index contributed by atoms with van der Waals surface area (Å²) in [4.78, 5) is 39.0. The van der Waals surface area contributed by atoms with Gasteiger partial charge in [-0.15, -0.1) is 0 Å². The summed E-state index contributed by atoms with van der Waals surface area (Å²) < 4.78 is 21.6. The summed E-state index contributed by atoms with van der Waals surface area (Å²) in [7, 11) is 3.18. The number of ether oxygens (including phenoxy) is 4. The van der Waals surface area contributed by atoms with Crippen LogP contribution in [0, 0.1) is 11.8 Å². The molecular weight excluding hydrogens is 462 g/mol.